The Balaban J connectivity index is 1.52. The van der Waals surface area contributed by atoms with Crippen LogP contribution in [-0.2, 0) is 0 Å². The van der Waals surface area contributed by atoms with E-state index in [1.165, 1.54) is 0 Å². The van der Waals surface area contributed by atoms with E-state index in [2.05, 4.69) is 25.8 Å². The third-order valence-electron chi connectivity index (χ3n) is 4.04. The Morgan fingerprint density at radius 3 is 2.64 bits per heavy atom. The molecule has 0 aliphatic rings. The average molecular weight is 375 g/mol. The highest BCUT2D eigenvalue weighted by Gasteiger charge is 2.13. The molecule has 0 bridgehead atoms. The molecule has 0 atom stereocenters. The lowest BCUT2D eigenvalue weighted by Crippen LogP contribution is -2.19. The molecule has 28 heavy (non-hydrogen) atoms. The molecular formula is C20H17N5O3. The number of para-hydroxylation sites is 1. The van der Waals surface area contributed by atoms with Crippen LogP contribution in [0.5, 0.6) is 5.75 Å². The van der Waals surface area contributed by atoms with Gasteiger partial charge >= 0.3 is 6.03 Å². The van der Waals surface area contributed by atoms with E-state index in [1.54, 1.807) is 56.0 Å². The summed E-state index contributed by atoms with van der Waals surface area (Å²) in [5.41, 5.74) is 2.74. The number of urea groups is 1. The van der Waals surface area contributed by atoms with Gasteiger partial charge in [0.1, 0.15) is 12.0 Å². The van der Waals surface area contributed by atoms with Crippen LogP contribution in [-0.4, -0.2) is 28.3 Å². The number of benzene rings is 2. The van der Waals surface area contributed by atoms with E-state index in [0.29, 0.717) is 23.0 Å². The molecule has 0 aliphatic heterocycles. The van der Waals surface area contributed by atoms with E-state index in [-0.39, 0.29) is 6.03 Å². The molecule has 0 aliphatic carbocycles. The Hall–Kier alpha value is -4.07. The van der Waals surface area contributed by atoms with Crippen molar-refractivity contribution < 1.29 is 13.9 Å². The number of nitrogens with zero attached hydrogens (tertiary/aromatic N) is 2. The Bertz CT molecular complexity index is 1070. The van der Waals surface area contributed by atoms with Crippen LogP contribution < -0.4 is 15.4 Å². The van der Waals surface area contributed by atoms with Gasteiger partial charge in [-0.2, -0.15) is 5.10 Å². The van der Waals surface area contributed by atoms with Crippen LogP contribution in [0.25, 0.3) is 22.8 Å². The lowest BCUT2D eigenvalue weighted by atomic mass is 10.1. The van der Waals surface area contributed by atoms with Crippen molar-refractivity contribution in [1.29, 1.82) is 0 Å². The van der Waals surface area contributed by atoms with Crippen LogP contribution in [0.1, 0.15) is 0 Å². The number of amides is 2. The van der Waals surface area contributed by atoms with E-state index in [1.807, 2.05) is 18.2 Å². The number of rotatable bonds is 5. The summed E-state index contributed by atoms with van der Waals surface area (Å²) in [6.45, 7) is 0. The zero-order valence-electron chi connectivity index (χ0n) is 15.0. The normalized spacial score (nSPS) is 10.5. The van der Waals surface area contributed by atoms with Gasteiger partial charge < -0.3 is 19.8 Å². The molecular weight excluding hydrogens is 358 g/mol. The maximum Gasteiger partial charge on any atom is 0.323 e. The first kappa shape index (κ1) is 17.3. The zero-order valence-corrected chi connectivity index (χ0v) is 15.0. The summed E-state index contributed by atoms with van der Waals surface area (Å²) >= 11 is 0. The van der Waals surface area contributed by atoms with Gasteiger partial charge in [-0.1, -0.05) is 12.1 Å². The monoisotopic (exact) mass is 375 g/mol. The van der Waals surface area contributed by atoms with Crippen LogP contribution in [0.15, 0.2) is 71.5 Å². The third-order valence-corrected chi connectivity index (χ3v) is 4.04. The van der Waals surface area contributed by atoms with Gasteiger partial charge in [0.2, 0.25) is 0 Å². The Labute approximate surface area is 160 Å². The minimum Gasteiger partial charge on any atom is -0.497 e. The SMILES string of the molecule is COc1ccc(NC(=O)Nc2ccccc2-c2nc(-c3ccoc3)n[nH]2)cc1. The number of hydrogen-bond acceptors (Lipinski definition) is 5. The quantitative estimate of drug-likeness (QED) is 0.480. The van der Waals surface area contributed by atoms with Crippen LogP contribution in [0, 0.1) is 0 Å². The van der Waals surface area contributed by atoms with Gasteiger partial charge in [-0.3, -0.25) is 5.10 Å². The number of carbonyl (C=O) groups excluding carboxylic acids is 1. The average Bonchev–Trinajstić information content (AvgIpc) is 3.41. The number of furan rings is 1. The largest absolute Gasteiger partial charge is 0.497 e. The van der Waals surface area contributed by atoms with Gasteiger partial charge in [-0.15, -0.1) is 0 Å². The molecule has 2 heterocycles. The summed E-state index contributed by atoms with van der Waals surface area (Å²) < 4.78 is 10.2. The highest BCUT2D eigenvalue weighted by molar-refractivity contribution is 6.02. The fourth-order valence-corrected chi connectivity index (χ4v) is 2.66. The van der Waals surface area contributed by atoms with Gasteiger partial charge in [0.25, 0.3) is 0 Å². The molecule has 0 saturated heterocycles. The number of nitrogens with one attached hydrogen (secondary N) is 3. The molecule has 3 N–H and O–H groups in total. The summed E-state index contributed by atoms with van der Waals surface area (Å²) in [6, 6.07) is 15.8. The highest BCUT2D eigenvalue weighted by atomic mass is 16.5. The smallest absolute Gasteiger partial charge is 0.323 e. The van der Waals surface area contributed by atoms with Crippen molar-refractivity contribution in [2.75, 3.05) is 17.7 Å². The minimum absolute atomic E-state index is 0.368. The Morgan fingerprint density at radius 2 is 1.89 bits per heavy atom. The number of anilines is 2. The maximum atomic E-state index is 12.4. The maximum absolute atomic E-state index is 12.4. The third kappa shape index (κ3) is 3.70. The first-order valence-electron chi connectivity index (χ1n) is 8.49. The van der Waals surface area contributed by atoms with Gasteiger partial charge in [0.15, 0.2) is 11.6 Å². The molecule has 0 unspecified atom stereocenters. The zero-order chi connectivity index (χ0) is 19.3. The number of ether oxygens (including phenoxy) is 1. The second-order valence-corrected chi connectivity index (χ2v) is 5.87. The highest BCUT2D eigenvalue weighted by Crippen LogP contribution is 2.27. The first-order valence-corrected chi connectivity index (χ1v) is 8.49. The number of hydrogen-bond donors (Lipinski definition) is 3. The molecule has 2 aromatic heterocycles. The van der Waals surface area contributed by atoms with Crippen molar-refractivity contribution in [1.82, 2.24) is 15.2 Å². The van der Waals surface area contributed by atoms with Crippen LogP contribution in [0.4, 0.5) is 16.2 Å². The van der Waals surface area contributed by atoms with Crippen LogP contribution >= 0.6 is 0 Å². The molecule has 0 fully saturated rings. The van der Waals surface area contributed by atoms with Gasteiger partial charge in [0, 0.05) is 11.3 Å². The van der Waals surface area contributed by atoms with Crippen molar-refractivity contribution in [2.45, 2.75) is 0 Å². The molecule has 0 radical (unpaired) electrons. The fourth-order valence-electron chi connectivity index (χ4n) is 2.66. The van der Waals surface area contributed by atoms with Gasteiger partial charge in [-0.25, -0.2) is 9.78 Å². The van der Waals surface area contributed by atoms with Crippen molar-refractivity contribution in [2.24, 2.45) is 0 Å². The lowest BCUT2D eigenvalue weighted by molar-refractivity contribution is 0.262. The summed E-state index contributed by atoms with van der Waals surface area (Å²) in [5.74, 6) is 1.77. The number of H-pyrrole nitrogens is 1. The molecule has 140 valence electrons. The van der Waals surface area contributed by atoms with E-state index >= 15 is 0 Å². The molecule has 8 heteroatoms. The number of aromatic amines is 1. The van der Waals surface area contributed by atoms with Crippen LogP contribution in [0.2, 0.25) is 0 Å². The standard InChI is InChI=1S/C20H17N5O3/c1-27-15-8-6-14(7-9-15)21-20(26)22-17-5-3-2-4-16(17)19-23-18(24-25-19)13-10-11-28-12-13/h2-12H,1H3,(H2,21,22,26)(H,23,24,25). The van der Waals surface area contributed by atoms with Crippen LogP contribution in [0.3, 0.4) is 0 Å². The summed E-state index contributed by atoms with van der Waals surface area (Å²) in [5, 5.41) is 12.7. The van der Waals surface area contributed by atoms with Gasteiger partial charge in [-0.05, 0) is 42.5 Å². The lowest BCUT2D eigenvalue weighted by Gasteiger charge is -2.11. The molecule has 0 saturated carbocycles. The number of carbonyl (C=O) groups is 1. The fraction of sp³-hybridized carbons (Fsp3) is 0.0500. The van der Waals surface area contributed by atoms with E-state index < -0.39 is 0 Å². The Morgan fingerprint density at radius 1 is 1.07 bits per heavy atom. The van der Waals surface area contributed by atoms with E-state index in [4.69, 9.17) is 9.15 Å². The van der Waals surface area contributed by atoms with E-state index in [9.17, 15) is 4.79 Å². The topological polar surface area (TPSA) is 105 Å². The van der Waals surface area contributed by atoms with Crippen molar-refractivity contribution >= 4 is 17.4 Å². The van der Waals surface area contributed by atoms with Crippen molar-refractivity contribution in [3.63, 3.8) is 0 Å². The molecule has 2 amide bonds. The number of aromatic nitrogens is 3. The van der Waals surface area contributed by atoms with Crippen molar-refractivity contribution in [3.05, 3.63) is 67.1 Å². The molecule has 4 rings (SSSR count). The molecule has 4 aromatic rings. The summed E-state index contributed by atoms with van der Waals surface area (Å²) in [7, 11) is 1.59. The molecule has 8 nitrogen and oxygen atoms in total. The predicted octanol–water partition coefficient (Wildman–Crippen LogP) is 4.38. The minimum atomic E-state index is -0.368. The second kappa shape index (κ2) is 7.67. The summed E-state index contributed by atoms with van der Waals surface area (Å²) in [6.07, 6.45) is 3.13. The summed E-state index contributed by atoms with van der Waals surface area (Å²) in [4.78, 5) is 16.9. The molecule has 0 spiro atoms. The van der Waals surface area contributed by atoms with Gasteiger partial charge in [0.05, 0.1) is 24.6 Å². The van der Waals surface area contributed by atoms with E-state index in [0.717, 1.165) is 16.9 Å². The first-order chi connectivity index (χ1) is 13.7. The molecule has 2 aromatic carbocycles. The Kier molecular flexibility index (Phi) is 4.75. The number of methoxy groups -OCH3 is 1. The predicted molar refractivity (Wildman–Crippen MR) is 105 cm³/mol. The second-order valence-electron chi connectivity index (χ2n) is 5.87. The van der Waals surface area contributed by atoms with Crippen molar-refractivity contribution in [3.8, 4) is 28.5 Å².